The third-order valence-electron chi connectivity index (χ3n) is 4.42. The Bertz CT molecular complexity index is 713. The van der Waals surface area contributed by atoms with Gasteiger partial charge in [0.05, 0.1) is 17.7 Å². The fourth-order valence-corrected chi connectivity index (χ4v) is 3.08. The fraction of sp³-hybridized carbons (Fsp3) is 0.300. The molecule has 1 aliphatic rings. The van der Waals surface area contributed by atoms with E-state index in [1.54, 1.807) is 24.3 Å². The van der Waals surface area contributed by atoms with Gasteiger partial charge in [0.1, 0.15) is 0 Å². The molecule has 2 aromatic carbocycles. The number of nitrogens with one attached hydrogen (secondary N) is 1. The third kappa shape index (κ3) is 4.01. The second kappa shape index (κ2) is 7.76. The first-order chi connectivity index (χ1) is 11.8. The number of nitriles is 1. The summed E-state index contributed by atoms with van der Waals surface area (Å²) in [5.74, 6) is -0.104. The molecular weight excluding hydrogens is 298 g/mol. The number of rotatable bonds is 5. The molecule has 2 aromatic rings. The standard InChI is InChI=1S/C20H21N3O/c21-14-16-8-10-18(11-9-16)20(24)22-19(15-23-12-4-5-13-23)17-6-2-1-3-7-17/h1-3,6-11,19H,4-5,12-13,15H2,(H,22,24). The Morgan fingerprint density at radius 1 is 1.08 bits per heavy atom. The zero-order valence-corrected chi connectivity index (χ0v) is 13.6. The van der Waals surface area contributed by atoms with Gasteiger partial charge in [0.15, 0.2) is 0 Å². The van der Waals surface area contributed by atoms with E-state index < -0.39 is 0 Å². The number of hydrogen-bond acceptors (Lipinski definition) is 3. The molecule has 0 radical (unpaired) electrons. The van der Waals surface area contributed by atoms with E-state index in [2.05, 4.69) is 28.4 Å². The molecule has 0 aromatic heterocycles. The summed E-state index contributed by atoms with van der Waals surface area (Å²) in [6, 6.07) is 18.9. The highest BCUT2D eigenvalue weighted by molar-refractivity contribution is 5.94. The van der Waals surface area contributed by atoms with Gasteiger partial charge in [0.25, 0.3) is 5.91 Å². The van der Waals surface area contributed by atoms with Gasteiger partial charge in [-0.2, -0.15) is 5.26 Å². The highest BCUT2D eigenvalue weighted by Crippen LogP contribution is 2.18. The maximum Gasteiger partial charge on any atom is 0.251 e. The Kier molecular flexibility index (Phi) is 5.25. The summed E-state index contributed by atoms with van der Waals surface area (Å²) >= 11 is 0. The Labute approximate surface area is 142 Å². The molecular formula is C20H21N3O. The average molecular weight is 319 g/mol. The highest BCUT2D eigenvalue weighted by atomic mass is 16.1. The van der Waals surface area contributed by atoms with Gasteiger partial charge >= 0.3 is 0 Å². The van der Waals surface area contributed by atoms with Crippen molar-refractivity contribution in [2.24, 2.45) is 0 Å². The van der Waals surface area contributed by atoms with E-state index in [1.807, 2.05) is 18.2 Å². The van der Waals surface area contributed by atoms with E-state index in [1.165, 1.54) is 12.8 Å². The number of hydrogen-bond donors (Lipinski definition) is 1. The predicted octanol–water partition coefficient (Wildman–Crippen LogP) is 3.13. The Hall–Kier alpha value is -2.64. The van der Waals surface area contributed by atoms with E-state index >= 15 is 0 Å². The minimum Gasteiger partial charge on any atom is -0.344 e. The molecule has 122 valence electrons. The number of likely N-dealkylation sites (tertiary alicyclic amines) is 1. The van der Waals surface area contributed by atoms with Gasteiger partial charge in [0, 0.05) is 12.1 Å². The van der Waals surface area contributed by atoms with Crippen molar-refractivity contribution in [3.63, 3.8) is 0 Å². The van der Waals surface area contributed by atoms with Crippen LogP contribution in [0.5, 0.6) is 0 Å². The molecule has 1 aliphatic heterocycles. The van der Waals surface area contributed by atoms with E-state index in [9.17, 15) is 4.79 Å². The first kappa shape index (κ1) is 16.2. The first-order valence-electron chi connectivity index (χ1n) is 8.34. The lowest BCUT2D eigenvalue weighted by molar-refractivity contribution is 0.0927. The van der Waals surface area contributed by atoms with Crippen LogP contribution in [0.4, 0.5) is 0 Å². The lowest BCUT2D eigenvalue weighted by Gasteiger charge is -2.25. The van der Waals surface area contributed by atoms with Crippen LogP contribution in [0, 0.1) is 11.3 Å². The lowest BCUT2D eigenvalue weighted by atomic mass is 10.1. The minimum atomic E-state index is -0.104. The van der Waals surface area contributed by atoms with Gasteiger partial charge in [-0.3, -0.25) is 4.79 Å². The van der Waals surface area contributed by atoms with Crippen LogP contribution in [0.2, 0.25) is 0 Å². The molecule has 0 bridgehead atoms. The second-order valence-corrected chi connectivity index (χ2v) is 6.13. The van der Waals surface area contributed by atoms with E-state index in [4.69, 9.17) is 5.26 Å². The first-order valence-corrected chi connectivity index (χ1v) is 8.34. The van der Waals surface area contributed by atoms with Crippen LogP contribution in [-0.2, 0) is 0 Å². The summed E-state index contributed by atoms with van der Waals surface area (Å²) in [5.41, 5.74) is 2.26. The van der Waals surface area contributed by atoms with E-state index in [0.717, 1.165) is 25.2 Å². The van der Waals surface area contributed by atoms with Gasteiger partial charge < -0.3 is 10.2 Å². The molecule has 1 N–H and O–H groups in total. The van der Waals surface area contributed by atoms with Crippen molar-refractivity contribution in [3.05, 3.63) is 71.3 Å². The molecule has 4 heteroatoms. The maximum atomic E-state index is 12.6. The normalized spacial score (nSPS) is 15.6. The van der Waals surface area contributed by atoms with Crippen LogP contribution < -0.4 is 5.32 Å². The molecule has 1 unspecified atom stereocenters. The van der Waals surface area contributed by atoms with Crippen LogP contribution in [-0.4, -0.2) is 30.4 Å². The van der Waals surface area contributed by atoms with Crippen molar-refractivity contribution in [2.45, 2.75) is 18.9 Å². The van der Waals surface area contributed by atoms with Gasteiger partial charge in [-0.25, -0.2) is 0 Å². The third-order valence-corrected chi connectivity index (χ3v) is 4.42. The summed E-state index contributed by atoms with van der Waals surface area (Å²) in [6.45, 7) is 3.01. The molecule has 1 fully saturated rings. The van der Waals surface area contributed by atoms with Crippen LogP contribution in [0.15, 0.2) is 54.6 Å². The van der Waals surface area contributed by atoms with Gasteiger partial charge in [0.2, 0.25) is 0 Å². The molecule has 1 amide bonds. The smallest absolute Gasteiger partial charge is 0.251 e. The van der Waals surface area contributed by atoms with Gasteiger partial charge in [-0.15, -0.1) is 0 Å². The van der Waals surface area contributed by atoms with Crippen molar-refractivity contribution >= 4 is 5.91 Å². The van der Waals surface area contributed by atoms with Crippen LogP contribution in [0.3, 0.4) is 0 Å². The summed E-state index contributed by atoms with van der Waals surface area (Å²) in [6.07, 6.45) is 2.45. The average Bonchev–Trinajstić information content (AvgIpc) is 3.15. The molecule has 1 heterocycles. The number of nitrogens with zero attached hydrogens (tertiary/aromatic N) is 2. The van der Waals surface area contributed by atoms with Crippen LogP contribution in [0.1, 0.15) is 40.4 Å². The molecule has 0 spiro atoms. The van der Waals surface area contributed by atoms with E-state index in [0.29, 0.717) is 11.1 Å². The fourth-order valence-electron chi connectivity index (χ4n) is 3.08. The van der Waals surface area contributed by atoms with Crippen molar-refractivity contribution < 1.29 is 4.79 Å². The van der Waals surface area contributed by atoms with Crippen molar-refractivity contribution in [3.8, 4) is 6.07 Å². The Balaban J connectivity index is 1.74. The van der Waals surface area contributed by atoms with Crippen LogP contribution >= 0.6 is 0 Å². The SMILES string of the molecule is N#Cc1ccc(C(=O)NC(CN2CCCC2)c2ccccc2)cc1. The maximum absolute atomic E-state index is 12.6. The van der Waals surface area contributed by atoms with Crippen molar-refractivity contribution in [2.75, 3.05) is 19.6 Å². The molecule has 4 nitrogen and oxygen atoms in total. The zero-order chi connectivity index (χ0) is 16.8. The van der Waals surface area contributed by atoms with Gasteiger partial charge in [-0.05, 0) is 55.8 Å². The topological polar surface area (TPSA) is 56.1 Å². The van der Waals surface area contributed by atoms with Gasteiger partial charge in [-0.1, -0.05) is 30.3 Å². The Morgan fingerprint density at radius 2 is 1.75 bits per heavy atom. The largest absolute Gasteiger partial charge is 0.344 e. The highest BCUT2D eigenvalue weighted by Gasteiger charge is 2.21. The molecule has 3 rings (SSSR count). The predicted molar refractivity (Wildman–Crippen MR) is 93.5 cm³/mol. The number of benzene rings is 2. The molecule has 24 heavy (non-hydrogen) atoms. The molecule has 1 atom stereocenters. The zero-order valence-electron chi connectivity index (χ0n) is 13.6. The summed E-state index contributed by atoms with van der Waals surface area (Å²) in [7, 11) is 0. The number of carbonyl (C=O) groups excluding carboxylic acids is 1. The summed E-state index contributed by atoms with van der Waals surface area (Å²) < 4.78 is 0. The lowest BCUT2D eigenvalue weighted by Crippen LogP contribution is -2.37. The number of amides is 1. The quantitative estimate of drug-likeness (QED) is 0.921. The monoisotopic (exact) mass is 319 g/mol. The minimum absolute atomic E-state index is 0.0348. The summed E-state index contributed by atoms with van der Waals surface area (Å²) in [5, 5.41) is 12.0. The molecule has 0 aliphatic carbocycles. The molecule has 1 saturated heterocycles. The molecule has 0 saturated carbocycles. The number of carbonyl (C=O) groups is 1. The van der Waals surface area contributed by atoms with Crippen molar-refractivity contribution in [1.29, 1.82) is 5.26 Å². The van der Waals surface area contributed by atoms with E-state index in [-0.39, 0.29) is 11.9 Å². The summed E-state index contributed by atoms with van der Waals surface area (Å²) in [4.78, 5) is 15.0. The van der Waals surface area contributed by atoms with Crippen molar-refractivity contribution in [1.82, 2.24) is 10.2 Å². The van der Waals surface area contributed by atoms with Crippen LogP contribution in [0.25, 0.3) is 0 Å². The Morgan fingerprint density at radius 3 is 2.38 bits per heavy atom. The second-order valence-electron chi connectivity index (χ2n) is 6.13.